The molecule has 0 fully saturated rings. The number of aromatic nitrogens is 2. The molecule has 0 spiro atoms. The average molecular weight is 509 g/mol. The van der Waals surface area contributed by atoms with E-state index in [1.807, 2.05) is 0 Å². The SMILES string of the molecule is COc1cc(F)ccc1-c1nc(Nc2cc(C[SH](C)O)cc(C(F)(F)C(F)(F)F)c2)ncc1F. The molecule has 2 aromatic carbocycles. The Bertz CT molecular complexity index is 1190. The lowest BCUT2D eigenvalue weighted by molar-refractivity contribution is -0.289. The Labute approximate surface area is 192 Å². The molecule has 34 heavy (non-hydrogen) atoms. The number of thiol groups is 1. The van der Waals surface area contributed by atoms with Crippen molar-refractivity contribution < 1.29 is 40.0 Å². The second kappa shape index (κ2) is 9.66. The molecule has 1 aromatic heterocycles. The zero-order valence-corrected chi connectivity index (χ0v) is 18.5. The second-order valence-electron chi connectivity index (χ2n) is 7.17. The third kappa shape index (κ3) is 5.53. The Kier molecular flexibility index (Phi) is 7.26. The molecule has 184 valence electrons. The maximum absolute atomic E-state index is 14.4. The van der Waals surface area contributed by atoms with Gasteiger partial charge in [-0.1, -0.05) is 0 Å². The van der Waals surface area contributed by atoms with Gasteiger partial charge in [-0.05, 0) is 42.2 Å². The van der Waals surface area contributed by atoms with E-state index >= 15 is 0 Å². The van der Waals surface area contributed by atoms with Crippen LogP contribution in [-0.4, -0.2) is 34.1 Å². The first-order valence-corrected chi connectivity index (χ1v) is 11.4. The molecule has 0 saturated heterocycles. The van der Waals surface area contributed by atoms with Crippen LogP contribution < -0.4 is 10.1 Å². The van der Waals surface area contributed by atoms with Crippen molar-refractivity contribution in [2.75, 3.05) is 18.7 Å². The number of benzene rings is 2. The first kappa shape index (κ1) is 25.6. The molecule has 3 aromatic rings. The van der Waals surface area contributed by atoms with Gasteiger partial charge in [-0.25, -0.2) is 18.7 Å². The molecule has 0 radical (unpaired) electrons. The van der Waals surface area contributed by atoms with Crippen molar-refractivity contribution in [2.45, 2.75) is 17.9 Å². The van der Waals surface area contributed by atoms with E-state index < -0.39 is 40.5 Å². The summed E-state index contributed by atoms with van der Waals surface area (Å²) in [7, 11) is 1.23. The van der Waals surface area contributed by atoms with Gasteiger partial charge in [0.1, 0.15) is 17.3 Å². The highest BCUT2D eigenvalue weighted by Crippen LogP contribution is 2.45. The highest BCUT2D eigenvalue weighted by atomic mass is 32.2. The van der Waals surface area contributed by atoms with Gasteiger partial charge in [-0.15, -0.1) is 11.2 Å². The number of hydrogen-bond donors (Lipinski definition) is 3. The monoisotopic (exact) mass is 509 g/mol. The summed E-state index contributed by atoms with van der Waals surface area (Å²) in [6.45, 7) is 0. The van der Waals surface area contributed by atoms with Crippen molar-refractivity contribution in [3.8, 4) is 17.0 Å². The summed E-state index contributed by atoms with van der Waals surface area (Å²) >= 11 is -1.65. The zero-order chi connectivity index (χ0) is 25.3. The molecule has 0 aliphatic rings. The first-order valence-electron chi connectivity index (χ1n) is 9.44. The van der Waals surface area contributed by atoms with E-state index in [-0.39, 0.29) is 40.0 Å². The number of ether oxygens (including phenoxy) is 1. The highest BCUT2D eigenvalue weighted by Gasteiger charge is 2.58. The van der Waals surface area contributed by atoms with E-state index in [1.54, 1.807) is 0 Å². The fourth-order valence-corrected chi connectivity index (χ4v) is 3.78. The number of nitrogens with one attached hydrogen (secondary N) is 1. The third-order valence-corrected chi connectivity index (χ3v) is 5.36. The minimum absolute atomic E-state index is 0.0163. The van der Waals surface area contributed by atoms with E-state index in [4.69, 9.17) is 4.74 Å². The number of halogens is 7. The van der Waals surface area contributed by atoms with Crippen LogP contribution in [0.15, 0.2) is 42.6 Å². The van der Waals surface area contributed by atoms with Gasteiger partial charge in [-0.2, -0.15) is 22.0 Å². The van der Waals surface area contributed by atoms with E-state index in [9.17, 15) is 35.3 Å². The van der Waals surface area contributed by atoms with Gasteiger partial charge in [0.25, 0.3) is 0 Å². The van der Waals surface area contributed by atoms with Crippen LogP contribution in [-0.2, 0) is 11.7 Å². The summed E-state index contributed by atoms with van der Waals surface area (Å²) in [4.78, 5) is 7.65. The van der Waals surface area contributed by atoms with Crippen molar-refractivity contribution in [3.63, 3.8) is 0 Å². The quantitative estimate of drug-likeness (QED) is 0.253. The standard InChI is InChI=1S/C21H18F7N3O2S/c1-33-17-8-13(22)3-4-15(17)18-16(23)9-29-19(31-18)30-14-6-11(10-34(2)32)5-12(7-14)20(24,25)21(26,27)28/h3-9,32,34H,10H2,1-2H3,(H,29,30,31). The maximum atomic E-state index is 14.4. The molecule has 5 nitrogen and oxygen atoms in total. The minimum atomic E-state index is -5.85. The largest absolute Gasteiger partial charge is 0.496 e. The van der Waals surface area contributed by atoms with Gasteiger partial charge in [0.15, 0.2) is 5.82 Å². The van der Waals surface area contributed by atoms with Crippen molar-refractivity contribution in [1.29, 1.82) is 0 Å². The first-order chi connectivity index (χ1) is 15.8. The van der Waals surface area contributed by atoms with Crippen LogP contribution in [0, 0.1) is 11.6 Å². The number of methoxy groups -OCH3 is 1. The second-order valence-corrected chi connectivity index (χ2v) is 8.80. The van der Waals surface area contributed by atoms with E-state index in [0.717, 1.165) is 18.3 Å². The van der Waals surface area contributed by atoms with Gasteiger partial charge in [0, 0.05) is 28.6 Å². The summed E-state index contributed by atoms with van der Waals surface area (Å²) in [6.07, 6.45) is -3.69. The minimum Gasteiger partial charge on any atom is -0.496 e. The number of nitrogens with zero attached hydrogens (tertiary/aromatic N) is 2. The molecule has 3 rings (SSSR count). The van der Waals surface area contributed by atoms with E-state index in [0.29, 0.717) is 12.1 Å². The zero-order valence-electron chi connectivity index (χ0n) is 17.6. The van der Waals surface area contributed by atoms with Gasteiger partial charge < -0.3 is 14.6 Å². The molecule has 1 heterocycles. The van der Waals surface area contributed by atoms with E-state index in [1.165, 1.54) is 25.5 Å². The van der Waals surface area contributed by atoms with Gasteiger partial charge in [0.2, 0.25) is 5.95 Å². The lowest BCUT2D eigenvalue weighted by Crippen LogP contribution is -2.33. The topological polar surface area (TPSA) is 67.3 Å². The third-order valence-electron chi connectivity index (χ3n) is 4.54. The van der Waals surface area contributed by atoms with Crippen LogP contribution in [0.4, 0.5) is 42.4 Å². The predicted octanol–water partition coefficient (Wildman–Crippen LogP) is 6.43. The fraction of sp³-hybridized carbons (Fsp3) is 0.238. The molecular weight excluding hydrogens is 491 g/mol. The summed E-state index contributed by atoms with van der Waals surface area (Å²) in [6, 6.07) is 5.72. The normalized spacial score (nSPS) is 13.5. The summed E-state index contributed by atoms with van der Waals surface area (Å²) in [5.74, 6) is -7.25. The average Bonchev–Trinajstić information content (AvgIpc) is 2.73. The van der Waals surface area contributed by atoms with E-state index in [2.05, 4.69) is 15.3 Å². The van der Waals surface area contributed by atoms with Gasteiger partial charge in [-0.3, -0.25) is 0 Å². The Morgan fingerprint density at radius 3 is 2.38 bits per heavy atom. The summed E-state index contributed by atoms with van der Waals surface area (Å²) < 4.78 is 109. The molecule has 2 N–H and O–H groups in total. The van der Waals surface area contributed by atoms with Crippen LogP contribution in [0.2, 0.25) is 0 Å². The molecule has 0 amide bonds. The van der Waals surface area contributed by atoms with Gasteiger partial charge in [0.05, 0.1) is 13.3 Å². The van der Waals surface area contributed by atoms with Gasteiger partial charge >= 0.3 is 12.1 Å². The van der Waals surface area contributed by atoms with Crippen LogP contribution in [0.5, 0.6) is 5.75 Å². The molecule has 1 atom stereocenters. The molecule has 0 aliphatic carbocycles. The number of hydrogen-bond acceptors (Lipinski definition) is 5. The number of alkyl halides is 5. The van der Waals surface area contributed by atoms with Crippen molar-refractivity contribution in [3.05, 3.63) is 65.4 Å². The van der Waals surface area contributed by atoms with Crippen LogP contribution in [0.3, 0.4) is 0 Å². The predicted molar refractivity (Wildman–Crippen MR) is 115 cm³/mol. The molecule has 1 unspecified atom stereocenters. The number of anilines is 2. The van der Waals surface area contributed by atoms with Crippen molar-refractivity contribution in [2.24, 2.45) is 0 Å². The highest BCUT2D eigenvalue weighted by molar-refractivity contribution is 8.10. The maximum Gasteiger partial charge on any atom is 0.458 e. The Balaban J connectivity index is 2.06. The van der Waals surface area contributed by atoms with Crippen LogP contribution >= 0.6 is 11.2 Å². The Morgan fingerprint density at radius 2 is 1.76 bits per heavy atom. The fourth-order valence-electron chi connectivity index (χ4n) is 3.07. The molecule has 0 aliphatic heterocycles. The molecule has 13 heteroatoms. The molecular formula is C21H18F7N3O2S. The lowest BCUT2D eigenvalue weighted by Gasteiger charge is -2.22. The Hall–Kier alpha value is -3.06. The van der Waals surface area contributed by atoms with Crippen molar-refractivity contribution in [1.82, 2.24) is 9.97 Å². The Morgan fingerprint density at radius 1 is 1.06 bits per heavy atom. The lowest BCUT2D eigenvalue weighted by atomic mass is 10.0. The summed E-state index contributed by atoms with van der Waals surface area (Å²) in [5, 5.41) is 2.49. The smallest absolute Gasteiger partial charge is 0.458 e. The summed E-state index contributed by atoms with van der Waals surface area (Å²) in [5.41, 5.74) is -1.83. The molecule has 0 bridgehead atoms. The van der Waals surface area contributed by atoms with Crippen molar-refractivity contribution >= 4 is 22.8 Å². The van der Waals surface area contributed by atoms with Crippen LogP contribution in [0.1, 0.15) is 11.1 Å². The number of rotatable bonds is 7. The van der Waals surface area contributed by atoms with Crippen LogP contribution in [0.25, 0.3) is 11.3 Å². The molecule has 0 saturated carbocycles.